The van der Waals surface area contributed by atoms with Gasteiger partial charge < -0.3 is 10.6 Å². The van der Waals surface area contributed by atoms with E-state index < -0.39 is 0 Å². The Hall–Kier alpha value is -2.95. The van der Waals surface area contributed by atoms with Crippen LogP contribution in [0.1, 0.15) is 16.7 Å². The predicted octanol–water partition coefficient (Wildman–Crippen LogP) is 3.84. The summed E-state index contributed by atoms with van der Waals surface area (Å²) < 4.78 is 0. The van der Waals surface area contributed by atoms with E-state index in [0.29, 0.717) is 18.3 Å². The van der Waals surface area contributed by atoms with Gasteiger partial charge in [-0.15, -0.1) is 5.10 Å². The molecule has 0 radical (unpaired) electrons. The summed E-state index contributed by atoms with van der Waals surface area (Å²) >= 11 is 0. The van der Waals surface area contributed by atoms with Crippen molar-refractivity contribution >= 4 is 17.5 Å². The van der Waals surface area contributed by atoms with Crippen molar-refractivity contribution in [1.29, 1.82) is 0 Å². The number of para-hydroxylation sites is 1. The Morgan fingerprint density at radius 2 is 1.65 bits per heavy atom. The minimum atomic E-state index is 0.506. The summed E-state index contributed by atoms with van der Waals surface area (Å²) in [6, 6.07) is 16.3. The zero-order valence-electron chi connectivity index (χ0n) is 13.2. The van der Waals surface area contributed by atoms with Crippen LogP contribution in [0, 0.1) is 13.8 Å². The lowest BCUT2D eigenvalue weighted by Crippen LogP contribution is -2.07. The van der Waals surface area contributed by atoms with Crippen LogP contribution in [0.4, 0.5) is 17.5 Å². The van der Waals surface area contributed by atoms with Gasteiger partial charge in [0.05, 0.1) is 6.20 Å². The largest absolute Gasteiger partial charge is 0.349 e. The molecule has 0 aliphatic rings. The average Bonchev–Trinajstić information content (AvgIpc) is 2.57. The molecule has 2 N–H and O–H groups in total. The van der Waals surface area contributed by atoms with Gasteiger partial charge in [-0.2, -0.15) is 10.1 Å². The number of rotatable bonds is 5. The van der Waals surface area contributed by atoms with Crippen molar-refractivity contribution in [2.24, 2.45) is 0 Å². The van der Waals surface area contributed by atoms with Gasteiger partial charge in [-0.25, -0.2) is 0 Å². The summed E-state index contributed by atoms with van der Waals surface area (Å²) in [7, 11) is 0. The van der Waals surface area contributed by atoms with Crippen LogP contribution < -0.4 is 10.6 Å². The molecule has 3 rings (SSSR count). The fourth-order valence-corrected chi connectivity index (χ4v) is 2.27. The normalized spacial score (nSPS) is 10.3. The summed E-state index contributed by atoms with van der Waals surface area (Å²) in [4.78, 5) is 4.46. The molecule has 23 heavy (non-hydrogen) atoms. The Balaban J connectivity index is 1.70. The maximum Gasteiger partial charge on any atom is 0.244 e. The monoisotopic (exact) mass is 305 g/mol. The highest BCUT2D eigenvalue weighted by molar-refractivity contribution is 5.60. The van der Waals surface area contributed by atoms with Crippen LogP contribution in [0.15, 0.2) is 54.7 Å². The third kappa shape index (κ3) is 3.83. The minimum Gasteiger partial charge on any atom is -0.349 e. The molecule has 0 unspecified atom stereocenters. The molecule has 3 aromatic rings. The summed E-state index contributed by atoms with van der Waals surface area (Å²) in [5.41, 5.74) is 4.62. The second kappa shape index (κ2) is 6.87. The van der Waals surface area contributed by atoms with E-state index >= 15 is 0 Å². The van der Waals surface area contributed by atoms with Gasteiger partial charge in [-0.05, 0) is 36.6 Å². The van der Waals surface area contributed by atoms with E-state index in [1.54, 1.807) is 6.20 Å². The van der Waals surface area contributed by atoms with Crippen molar-refractivity contribution < 1.29 is 0 Å². The first kappa shape index (κ1) is 15.0. The van der Waals surface area contributed by atoms with Crippen molar-refractivity contribution in [1.82, 2.24) is 15.2 Å². The minimum absolute atomic E-state index is 0.506. The molecule has 0 atom stereocenters. The van der Waals surface area contributed by atoms with E-state index in [-0.39, 0.29) is 0 Å². The molecule has 0 amide bonds. The van der Waals surface area contributed by atoms with Gasteiger partial charge in [0.15, 0.2) is 5.82 Å². The number of aryl methyl sites for hydroxylation is 2. The third-order valence-corrected chi connectivity index (χ3v) is 3.66. The molecule has 0 spiro atoms. The van der Waals surface area contributed by atoms with Crippen LogP contribution in [0.2, 0.25) is 0 Å². The Morgan fingerprint density at radius 1 is 0.913 bits per heavy atom. The van der Waals surface area contributed by atoms with Gasteiger partial charge in [0.2, 0.25) is 5.95 Å². The fourth-order valence-electron chi connectivity index (χ4n) is 2.27. The van der Waals surface area contributed by atoms with E-state index in [9.17, 15) is 0 Å². The molecular weight excluding hydrogens is 286 g/mol. The van der Waals surface area contributed by atoms with E-state index in [0.717, 1.165) is 11.3 Å². The molecule has 0 aliphatic carbocycles. The second-order valence-corrected chi connectivity index (χ2v) is 5.39. The van der Waals surface area contributed by atoms with Gasteiger partial charge in [-0.1, -0.05) is 42.5 Å². The van der Waals surface area contributed by atoms with Gasteiger partial charge in [0, 0.05) is 12.2 Å². The van der Waals surface area contributed by atoms with Crippen LogP contribution >= 0.6 is 0 Å². The Labute approximate surface area is 135 Å². The fraction of sp³-hybridized carbons (Fsp3) is 0.167. The molecule has 1 aromatic heterocycles. The van der Waals surface area contributed by atoms with E-state index in [2.05, 4.69) is 44.9 Å². The molecule has 1 heterocycles. The molecule has 116 valence electrons. The van der Waals surface area contributed by atoms with Crippen LogP contribution in [-0.2, 0) is 6.54 Å². The second-order valence-electron chi connectivity index (χ2n) is 5.39. The van der Waals surface area contributed by atoms with Crippen LogP contribution in [-0.4, -0.2) is 15.2 Å². The number of hydrogen-bond donors (Lipinski definition) is 2. The lowest BCUT2D eigenvalue weighted by atomic mass is 10.1. The molecule has 5 heteroatoms. The quantitative estimate of drug-likeness (QED) is 0.750. The average molecular weight is 305 g/mol. The van der Waals surface area contributed by atoms with Crippen molar-refractivity contribution in [3.63, 3.8) is 0 Å². The summed E-state index contributed by atoms with van der Waals surface area (Å²) in [6.07, 6.45) is 1.62. The Bertz CT molecular complexity index is 801. The highest BCUT2D eigenvalue weighted by Gasteiger charge is 2.03. The molecule has 2 aromatic carbocycles. The molecule has 0 saturated heterocycles. The molecule has 0 aliphatic heterocycles. The van der Waals surface area contributed by atoms with Gasteiger partial charge in [0.1, 0.15) is 0 Å². The number of benzene rings is 2. The van der Waals surface area contributed by atoms with E-state index in [4.69, 9.17) is 0 Å². The first-order valence-corrected chi connectivity index (χ1v) is 7.53. The van der Waals surface area contributed by atoms with Gasteiger partial charge in [0.25, 0.3) is 0 Å². The maximum atomic E-state index is 4.46. The van der Waals surface area contributed by atoms with Crippen molar-refractivity contribution in [3.8, 4) is 0 Å². The molecule has 0 fully saturated rings. The molecular formula is C18H19N5. The van der Waals surface area contributed by atoms with Crippen molar-refractivity contribution in [2.75, 3.05) is 10.6 Å². The SMILES string of the molecule is Cc1ccccc1CNc1nncc(Nc2ccccc2C)n1. The molecule has 0 saturated carbocycles. The number of nitrogens with one attached hydrogen (secondary N) is 2. The number of aromatic nitrogens is 3. The van der Waals surface area contributed by atoms with Crippen molar-refractivity contribution in [3.05, 3.63) is 71.4 Å². The highest BCUT2D eigenvalue weighted by Crippen LogP contribution is 2.18. The lowest BCUT2D eigenvalue weighted by molar-refractivity contribution is 0.946. The zero-order chi connectivity index (χ0) is 16.1. The summed E-state index contributed by atoms with van der Waals surface area (Å²) in [5.74, 6) is 1.17. The highest BCUT2D eigenvalue weighted by atomic mass is 15.3. The zero-order valence-corrected chi connectivity index (χ0v) is 13.2. The summed E-state index contributed by atoms with van der Waals surface area (Å²) in [6.45, 7) is 4.81. The first-order valence-electron chi connectivity index (χ1n) is 7.53. The molecule has 0 bridgehead atoms. The summed E-state index contributed by atoms with van der Waals surface area (Å²) in [5, 5.41) is 14.5. The van der Waals surface area contributed by atoms with Crippen molar-refractivity contribution in [2.45, 2.75) is 20.4 Å². The Morgan fingerprint density at radius 3 is 2.43 bits per heavy atom. The maximum absolute atomic E-state index is 4.46. The Kier molecular flexibility index (Phi) is 4.47. The number of anilines is 3. The van der Waals surface area contributed by atoms with Crippen LogP contribution in [0.5, 0.6) is 0 Å². The van der Waals surface area contributed by atoms with E-state index in [1.165, 1.54) is 11.1 Å². The molecule has 5 nitrogen and oxygen atoms in total. The van der Waals surface area contributed by atoms with Crippen LogP contribution in [0.3, 0.4) is 0 Å². The lowest BCUT2D eigenvalue weighted by Gasteiger charge is -2.10. The van der Waals surface area contributed by atoms with Crippen LogP contribution in [0.25, 0.3) is 0 Å². The van der Waals surface area contributed by atoms with E-state index in [1.807, 2.05) is 43.3 Å². The third-order valence-electron chi connectivity index (χ3n) is 3.66. The number of hydrogen-bond acceptors (Lipinski definition) is 5. The standard InChI is InChI=1S/C18H19N5/c1-13-7-3-5-9-15(13)11-19-18-22-17(12-20-23-18)21-16-10-6-4-8-14(16)2/h3-10,12H,11H2,1-2H3,(H2,19,21,22,23). The van der Waals surface area contributed by atoms with Gasteiger partial charge >= 0.3 is 0 Å². The number of nitrogens with zero attached hydrogens (tertiary/aromatic N) is 3. The topological polar surface area (TPSA) is 62.7 Å². The smallest absolute Gasteiger partial charge is 0.244 e. The van der Waals surface area contributed by atoms with Gasteiger partial charge in [-0.3, -0.25) is 0 Å². The first-order chi connectivity index (χ1) is 11.2. The predicted molar refractivity (Wildman–Crippen MR) is 92.8 cm³/mol.